The molecule has 3 fully saturated rings. The van der Waals surface area contributed by atoms with Gasteiger partial charge in [-0.25, -0.2) is 19.2 Å². The van der Waals surface area contributed by atoms with E-state index in [0.29, 0.717) is 67.2 Å². The number of piperidine rings is 2. The van der Waals surface area contributed by atoms with Crippen molar-refractivity contribution < 1.29 is 43.0 Å². The van der Waals surface area contributed by atoms with Crippen LogP contribution in [-0.4, -0.2) is 137 Å². The van der Waals surface area contributed by atoms with Gasteiger partial charge in [0.15, 0.2) is 10.8 Å². The number of rotatable bonds is 15. The molecule has 11 rings (SSSR count). The zero-order valence-corrected chi connectivity index (χ0v) is 43.0. The highest BCUT2D eigenvalue weighted by molar-refractivity contribution is 7.22. The minimum Gasteiger partial charge on any atom is -0.494 e. The zero-order chi connectivity index (χ0) is 52.6. The van der Waals surface area contributed by atoms with Crippen molar-refractivity contribution >= 4 is 73.7 Å². The highest BCUT2D eigenvalue weighted by atomic mass is 32.1. The molecule has 76 heavy (non-hydrogen) atoms. The molecule has 5 aliphatic heterocycles. The number of thiazole rings is 1. The van der Waals surface area contributed by atoms with Gasteiger partial charge in [-0.15, -0.1) is 0 Å². The predicted octanol–water partition coefficient (Wildman–Crippen LogP) is 7.41. The van der Waals surface area contributed by atoms with Crippen molar-refractivity contribution in [3.8, 4) is 16.9 Å². The molecule has 19 heteroatoms. The van der Waals surface area contributed by atoms with Crippen LogP contribution in [0, 0.1) is 18.7 Å². The van der Waals surface area contributed by atoms with E-state index < -0.39 is 41.5 Å². The minimum atomic E-state index is -1.12. The second-order valence-corrected chi connectivity index (χ2v) is 21.3. The molecule has 0 saturated carbocycles. The Labute approximate surface area is 442 Å². The number of carboxylic acid groups (broad SMARTS) is 1. The lowest BCUT2D eigenvalue weighted by Crippen LogP contribution is -2.54. The Morgan fingerprint density at radius 1 is 0.789 bits per heavy atom. The molecule has 5 aliphatic rings. The number of carboxylic acids is 1. The molecule has 17 nitrogen and oxygen atoms in total. The van der Waals surface area contributed by atoms with Gasteiger partial charge in [0.05, 0.1) is 33.6 Å². The highest BCUT2D eigenvalue weighted by Crippen LogP contribution is 2.36. The molecule has 392 valence electrons. The van der Waals surface area contributed by atoms with Crippen molar-refractivity contribution in [2.24, 2.45) is 5.92 Å². The van der Waals surface area contributed by atoms with Gasteiger partial charge in [-0.05, 0) is 141 Å². The number of nitrogens with one attached hydrogen (secondary N) is 2. The maximum Gasteiger partial charge on any atom is 0.355 e. The Morgan fingerprint density at radius 2 is 1.54 bits per heavy atom. The number of fused-ring (bicyclic) bond motifs is 3. The summed E-state index contributed by atoms with van der Waals surface area (Å²) in [5.41, 5.74) is 5.74. The van der Waals surface area contributed by atoms with Crippen LogP contribution in [0.3, 0.4) is 0 Å². The second kappa shape index (κ2) is 21.6. The summed E-state index contributed by atoms with van der Waals surface area (Å²) in [6, 6.07) is 24.3. The van der Waals surface area contributed by atoms with Gasteiger partial charge in [0.2, 0.25) is 11.8 Å². The number of piperazine rings is 1. The number of imide groups is 2. The first-order valence-electron chi connectivity index (χ1n) is 26.1. The quantitative estimate of drug-likeness (QED) is 0.0679. The molecule has 7 heterocycles. The van der Waals surface area contributed by atoms with Gasteiger partial charge in [0, 0.05) is 69.9 Å². The molecular weight excluding hydrogens is 990 g/mol. The number of aromatic nitrogens is 2. The number of pyridine rings is 1. The number of nitrogens with zero attached hydrogens (tertiary/aromatic N) is 7. The van der Waals surface area contributed by atoms with E-state index in [4.69, 9.17) is 9.72 Å². The lowest BCUT2D eigenvalue weighted by molar-refractivity contribution is -0.136. The van der Waals surface area contributed by atoms with Gasteiger partial charge < -0.3 is 24.5 Å². The topological polar surface area (TPSA) is 198 Å². The number of likely N-dealkylation sites (tertiary alicyclic amines) is 1. The fourth-order valence-corrected chi connectivity index (χ4v) is 12.3. The van der Waals surface area contributed by atoms with Crippen molar-refractivity contribution in [3.63, 3.8) is 0 Å². The predicted molar refractivity (Wildman–Crippen MR) is 286 cm³/mol. The van der Waals surface area contributed by atoms with Crippen LogP contribution in [0.1, 0.15) is 96.8 Å². The third kappa shape index (κ3) is 10.4. The lowest BCUT2D eigenvalue weighted by Gasteiger charge is -2.38. The first-order valence-corrected chi connectivity index (χ1v) is 26.9. The van der Waals surface area contributed by atoms with E-state index in [9.17, 15) is 33.9 Å². The number of carbonyl (C=O) groups excluding carboxylic acids is 5. The summed E-state index contributed by atoms with van der Waals surface area (Å²) < 4.78 is 22.7. The molecule has 1 atom stereocenters. The van der Waals surface area contributed by atoms with Crippen molar-refractivity contribution in [1.29, 1.82) is 0 Å². The Bertz CT molecular complexity index is 3260. The number of carbonyl (C=O) groups is 6. The zero-order valence-electron chi connectivity index (χ0n) is 42.2. The molecule has 3 N–H and O–H groups in total. The van der Waals surface area contributed by atoms with Gasteiger partial charge in [0.1, 0.15) is 23.4 Å². The summed E-state index contributed by atoms with van der Waals surface area (Å²) >= 11 is 1.43. The van der Waals surface area contributed by atoms with Crippen molar-refractivity contribution in [2.75, 3.05) is 80.6 Å². The molecule has 0 bridgehead atoms. The van der Waals surface area contributed by atoms with E-state index in [1.807, 2.05) is 89.5 Å². The molecule has 5 amide bonds. The minimum absolute atomic E-state index is 0.0143. The molecule has 0 radical (unpaired) electrons. The SMILES string of the molecule is Cc1cc(OCCCC2CCN(CCN3CCN(c4cc5c(cc4F)C(=O)N(C4CCC(=O)NC4=O)C5=O)CC3)CC2)ccc1-c1ccc(N2CCc3cccc(C(=O)Nc4nc5ccccc5s4)c3C2)nc1C(=O)O. The van der Waals surface area contributed by atoms with E-state index >= 15 is 4.39 Å². The largest absolute Gasteiger partial charge is 0.494 e. The fraction of sp³-hybridized carbons (Fsp3) is 0.368. The summed E-state index contributed by atoms with van der Waals surface area (Å²) in [5, 5.41) is 16.1. The van der Waals surface area contributed by atoms with Crippen molar-refractivity contribution in [2.45, 2.75) is 64.5 Å². The van der Waals surface area contributed by atoms with E-state index in [1.165, 1.54) is 17.4 Å². The van der Waals surface area contributed by atoms with E-state index in [-0.39, 0.29) is 41.3 Å². The Balaban J connectivity index is 0.618. The van der Waals surface area contributed by atoms with Gasteiger partial charge in [-0.1, -0.05) is 41.7 Å². The number of anilines is 3. The van der Waals surface area contributed by atoms with Crippen LogP contribution >= 0.6 is 11.3 Å². The number of halogens is 1. The molecule has 2 aromatic heterocycles. The van der Waals surface area contributed by atoms with Crippen LogP contribution in [0.2, 0.25) is 0 Å². The Hall–Kier alpha value is -7.61. The van der Waals surface area contributed by atoms with Crippen LogP contribution < -0.4 is 25.2 Å². The number of aryl methyl sites for hydroxylation is 1. The lowest BCUT2D eigenvalue weighted by atomic mass is 9.92. The third-order valence-corrected chi connectivity index (χ3v) is 16.6. The summed E-state index contributed by atoms with van der Waals surface area (Å²) in [5.74, 6) is -2.59. The monoisotopic (exact) mass is 1050 g/mol. The van der Waals surface area contributed by atoms with Gasteiger partial charge in [-0.3, -0.25) is 44.4 Å². The number of amides is 5. The first kappa shape index (κ1) is 50.5. The summed E-state index contributed by atoms with van der Waals surface area (Å²) in [6.45, 7) is 10.0. The van der Waals surface area contributed by atoms with Gasteiger partial charge in [0.25, 0.3) is 17.7 Å². The average Bonchev–Trinajstić information content (AvgIpc) is 4.02. The number of aromatic carboxylic acids is 1. The number of hydrogen-bond donors (Lipinski definition) is 3. The summed E-state index contributed by atoms with van der Waals surface area (Å²) in [6.07, 6.45) is 4.97. The first-order chi connectivity index (χ1) is 36.8. The Kier molecular flexibility index (Phi) is 14.3. The molecule has 1 unspecified atom stereocenters. The molecule has 6 aromatic rings. The van der Waals surface area contributed by atoms with Crippen molar-refractivity contribution in [1.82, 2.24) is 30.0 Å². The second-order valence-electron chi connectivity index (χ2n) is 20.3. The molecule has 4 aromatic carbocycles. The standard InChI is InChI=1S/C57H58FN9O8S/c1-34-30-37(11-12-38(34)39-13-15-49(60-51(39)56(73)74)66-22-19-36-7-4-8-40(43(36)33-66)52(69)62-57-59-45-9-2-3-10-48(45)76-57)75-29-5-6-35-17-20-63(21-18-35)23-24-64-25-27-65(28-26-64)47-32-42-41(31-44(47)58)54(71)67(55(42)72)46-14-16-50(68)61-53(46)70/h2-4,7-13,15,30-32,35,46H,5-6,14,16-29,33H2,1H3,(H,73,74)(H,59,62,69)(H,61,68,70). The number of benzene rings is 4. The van der Waals surface area contributed by atoms with E-state index in [1.54, 1.807) is 0 Å². The van der Waals surface area contributed by atoms with Crippen LogP contribution in [0.4, 0.5) is 21.0 Å². The van der Waals surface area contributed by atoms with Crippen LogP contribution in [0.15, 0.2) is 84.9 Å². The maximum absolute atomic E-state index is 15.5. The molecular formula is C57H58FN9O8S. The third-order valence-electron chi connectivity index (χ3n) is 15.6. The van der Waals surface area contributed by atoms with E-state index in [2.05, 4.69) is 25.4 Å². The fourth-order valence-electron chi connectivity index (χ4n) is 11.4. The maximum atomic E-state index is 15.5. The van der Waals surface area contributed by atoms with Crippen LogP contribution in [0.25, 0.3) is 21.3 Å². The number of hydrogen-bond acceptors (Lipinski definition) is 14. The summed E-state index contributed by atoms with van der Waals surface area (Å²) in [7, 11) is 0. The molecule has 0 aliphatic carbocycles. The van der Waals surface area contributed by atoms with Crippen LogP contribution in [-0.2, 0) is 22.6 Å². The summed E-state index contributed by atoms with van der Waals surface area (Å²) in [4.78, 5) is 95.9. The molecule has 0 spiro atoms. The van der Waals surface area contributed by atoms with E-state index in [0.717, 1.165) is 114 Å². The highest BCUT2D eigenvalue weighted by Gasteiger charge is 2.45. The van der Waals surface area contributed by atoms with Gasteiger partial charge >= 0.3 is 5.97 Å². The smallest absolute Gasteiger partial charge is 0.355 e. The number of para-hydroxylation sites is 1. The van der Waals surface area contributed by atoms with Crippen LogP contribution in [0.5, 0.6) is 5.75 Å². The van der Waals surface area contributed by atoms with Crippen molar-refractivity contribution in [3.05, 3.63) is 130 Å². The average molecular weight is 1050 g/mol. The number of ether oxygens (including phenoxy) is 1. The normalized spacial score (nSPS) is 18.5. The molecule has 3 saturated heterocycles. The van der Waals surface area contributed by atoms with Gasteiger partial charge in [-0.2, -0.15) is 0 Å². The Morgan fingerprint density at radius 3 is 2.29 bits per heavy atom.